The first kappa shape index (κ1) is 23.7. The highest BCUT2D eigenvalue weighted by Gasteiger charge is 2.05. The smallest absolute Gasteiger partial charge is 0.320 e. The second-order valence-corrected chi connectivity index (χ2v) is 3.92. The number of halogens is 2. The fraction of sp³-hybridized carbons (Fsp3) is 0.222. The van der Waals surface area contributed by atoms with E-state index in [1.54, 1.807) is 6.92 Å². The number of terminal acetylenes is 2. The van der Waals surface area contributed by atoms with Crippen molar-refractivity contribution < 1.29 is 11.0 Å². The predicted octanol–water partition coefficient (Wildman–Crippen LogP) is 3.11. The number of esters is 1. The summed E-state index contributed by atoms with van der Waals surface area (Å²) in [5.74, 6) is 8.25. The molecular weight excluding hydrogens is 347 g/mol. The Hall–Kier alpha value is -2.60. The number of nitrogens with one attached hydrogen (secondary N) is 1. The van der Waals surface area contributed by atoms with Crippen LogP contribution in [0.4, 0.5) is 0 Å². The van der Waals surface area contributed by atoms with E-state index < -0.39 is 0 Å². The molecule has 6 heteroatoms. The van der Waals surface area contributed by atoms with Gasteiger partial charge in [0.1, 0.15) is 6.61 Å². The van der Waals surface area contributed by atoms with Gasteiger partial charge in [-0.05, 0) is 36.2 Å². The molecule has 0 saturated heterocycles. The lowest BCUT2D eigenvalue weighted by molar-refractivity contribution is -0.143. The van der Waals surface area contributed by atoms with E-state index in [9.17, 15) is 4.79 Å². The number of nitrogens with zero attached hydrogens (tertiary/aromatic N) is 1. The Morgan fingerprint density at radius 3 is 2.29 bits per heavy atom. The summed E-state index contributed by atoms with van der Waals surface area (Å²) in [5, 5.41) is 11.2. The van der Waals surface area contributed by atoms with Crippen LogP contribution in [0.1, 0.15) is 13.9 Å². The molecular formula is C18H18Cl2N2O2. The summed E-state index contributed by atoms with van der Waals surface area (Å²) in [5.41, 5.74) is 0.948. The molecule has 24 heavy (non-hydrogen) atoms. The number of carbonyl (C=O) groups excluding carboxylic acids is 1. The van der Waals surface area contributed by atoms with E-state index >= 15 is 0 Å². The zero-order chi connectivity index (χ0) is 18.6. The van der Waals surface area contributed by atoms with Crippen LogP contribution in [-0.4, -0.2) is 18.6 Å². The number of carbonyl (C=O) groups is 1. The van der Waals surface area contributed by atoms with Crippen molar-refractivity contribution in [3.63, 3.8) is 0 Å². The monoisotopic (exact) mass is 364 g/mol. The summed E-state index contributed by atoms with van der Waals surface area (Å²) in [4.78, 5) is 11.2. The van der Waals surface area contributed by atoms with Crippen molar-refractivity contribution >= 4 is 27.7 Å². The first-order chi connectivity index (χ1) is 11.6. The summed E-state index contributed by atoms with van der Waals surface area (Å²) in [6, 6.07) is 11.1. The molecule has 0 aliphatic rings. The van der Waals surface area contributed by atoms with Crippen LogP contribution < -0.4 is 5.32 Å². The van der Waals surface area contributed by atoms with E-state index in [0.29, 0.717) is 0 Å². The van der Waals surface area contributed by atoms with Crippen molar-refractivity contribution in [2.75, 3.05) is 6.54 Å². The van der Waals surface area contributed by atoms with Crippen molar-refractivity contribution in [1.82, 2.24) is 5.32 Å². The van der Waals surface area contributed by atoms with Gasteiger partial charge in [-0.25, -0.2) is 0 Å². The van der Waals surface area contributed by atoms with E-state index in [4.69, 9.17) is 22.8 Å². The number of benzene rings is 1. The van der Waals surface area contributed by atoms with Crippen molar-refractivity contribution in [2.45, 2.75) is 19.6 Å². The van der Waals surface area contributed by atoms with Crippen molar-refractivity contribution in [3.8, 4) is 42.6 Å². The highest BCUT2D eigenvalue weighted by atomic mass is 36.5. The van der Waals surface area contributed by atoms with Crippen molar-refractivity contribution in [3.05, 3.63) is 35.9 Å². The minimum absolute atomic E-state index is 0. The Labute approximate surface area is 154 Å². The molecule has 0 radical (unpaired) electrons. The van der Waals surface area contributed by atoms with Gasteiger partial charge in [0.25, 0.3) is 0 Å². The van der Waals surface area contributed by atoms with Crippen LogP contribution in [0.15, 0.2) is 30.3 Å². The lowest BCUT2D eigenvalue weighted by Crippen LogP contribution is -2.31. The fourth-order valence-corrected chi connectivity index (χ4v) is 1.14. The first-order valence-corrected chi connectivity index (χ1v) is 7.66. The lowest BCUT2D eigenvalue weighted by atomic mass is 10.2. The average molecular weight is 365 g/mol. The molecule has 0 bridgehead atoms. The number of rotatable bonds is 5. The maximum Gasteiger partial charge on any atom is 0.320 e. The molecule has 0 saturated carbocycles. The molecule has 1 aromatic rings. The third-order valence-electron chi connectivity index (χ3n) is 2.20. The molecule has 1 unspecified atom stereocenters. The summed E-state index contributed by atoms with van der Waals surface area (Å²) >= 11 is 0. The molecule has 4 nitrogen and oxygen atoms in total. The maximum atomic E-state index is 11.2. The molecule has 0 heterocycles. The summed E-state index contributed by atoms with van der Waals surface area (Å²) < 4.78 is 5.01. The zero-order valence-corrected chi connectivity index (χ0v) is 14.6. The van der Waals surface area contributed by atoms with Crippen LogP contribution in [0.25, 0.3) is 0 Å². The van der Waals surface area contributed by atoms with Crippen LogP contribution in [0.3, 0.4) is 0 Å². The van der Waals surface area contributed by atoms with E-state index in [1.807, 2.05) is 36.4 Å². The van der Waals surface area contributed by atoms with E-state index in [1.165, 1.54) is 0 Å². The van der Waals surface area contributed by atoms with E-state index in [2.05, 4.69) is 50.7 Å². The van der Waals surface area contributed by atoms with Gasteiger partial charge in [-0.2, -0.15) is 5.26 Å². The van der Waals surface area contributed by atoms with E-state index in [-0.39, 0.29) is 26.6 Å². The summed E-state index contributed by atoms with van der Waals surface area (Å²) in [7, 11) is 8.22. The van der Waals surface area contributed by atoms with Gasteiger partial charge in [0.05, 0.1) is 18.7 Å². The van der Waals surface area contributed by atoms with Gasteiger partial charge in [0.15, 0.2) is 0 Å². The standard InChI is InChI=1S/C12H14N2O2.C6H2.Cl2.H2/c1-10(7-13)14-8-12(15)16-9-11-5-3-2-4-6-11;1-3-5-6-4-2;1-2;/h2-6,10,14H,8-9H2,1H3;1-2H;;1H. The zero-order valence-electron chi connectivity index (χ0n) is 13.1. The number of ether oxygens (including phenoxy) is 1. The van der Waals surface area contributed by atoms with Crippen molar-refractivity contribution in [2.24, 2.45) is 0 Å². The van der Waals surface area contributed by atoms with Crippen LogP contribution >= 0.6 is 21.7 Å². The molecule has 126 valence electrons. The molecule has 1 aromatic carbocycles. The van der Waals surface area contributed by atoms with Gasteiger partial charge in [0.2, 0.25) is 0 Å². The van der Waals surface area contributed by atoms with Gasteiger partial charge in [-0.3, -0.25) is 10.1 Å². The highest BCUT2D eigenvalue weighted by Crippen LogP contribution is 2.00. The third kappa shape index (κ3) is 15.8. The summed E-state index contributed by atoms with van der Waals surface area (Å²) in [6.07, 6.45) is 9.39. The molecule has 1 rings (SSSR count). The second kappa shape index (κ2) is 18.4. The number of nitriles is 1. The lowest BCUT2D eigenvalue weighted by Gasteiger charge is -2.06. The largest absolute Gasteiger partial charge is 0.460 e. The van der Waals surface area contributed by atoms with Gasteiger partial charge in [-0.1, -0.05) is 30.3 Å². The molecule has 0 fully saturated rings. The van der Waals surface area contributed by atoms with Crippen LogP contribution in [0.5, 0.6) is 0 Å². The predicted molar refractivity (Wildman–Crippen MR) is 98.6 cm³/mol. The number of hydrogen-bond donors (Lipinski definition) is 1. The van der Waals surface area contributed by atoms with Gasteiger partial charge in [0, 0.05) is 23.1 Å². The van der Waals surface area contributed by atoms with Gasteiger partial charge in [-0.15, -0.1) is 12.8 Å². The number of hydrogen-bond acceptors (Lipinski definition) is 4. The Bertz CT molecular complexity index is 632. The Morgan fingerprint density at radius 1 is 1.29 bits per heavy atom. The topological polar surface area (TPSA) is 62.1 Å². The van der Waals surface area contributed by atoms with Gasteiger partial charge < -0.3 is 4.74 Å². The van der Waals surface area contributed by atoms with E-state index in [0.717, 1.165) is 5.56 Å². The first-order valence-electron chi connectivity index (χ1n) is 6.52. The van der Waals surface area contributed by atoms with Crippen LogP contribution in [-0.2, 0) is 16.1 Å². The average Bonchev–Trinajstić information content (AvgIpc) is 2.65. The minimum atomic E-state index is -0.356. The highest BCUT2D eigenvalue weighted by molar-refractivity contribution is 6.85. The Kier molecular flexibility index (Phi) is 18.2. The quantitative estimate of drug-likeness (QED) is 0.643. The van der Waals surface area contributed by atoms with Crippen LogP contribution in [0, 0.1) is 47.9 Å². The molecule has 1 atom stereocenters. The molecule has 0 amide bonds. The van der Waals surface area contributed by atoms with Gasteiger partial charge >= 0.3 is 5.97 Å². The summed E-state index contributed by atoms with van der Waals surface area (Å²) in [6.45, 7) is 2.01. The molecule has 1 N–H and O–H groups in total. The Balaban J connectivity index is -0.000000459. The third-order valence-corrected chi connectivity index (χ3v) is 2.20. The molecule has 0 aromatic heterocycles. The van der Waals surface area contributed by atoms with Crippen molar-refractivity contribution in [1.29, 1.82) is 5.26 Å². The molecule has 0 aliphatic carbocycles. The molecule has 0 aliphatic heterocycles. The SMILES string of the molecule is C#CC#CC#C.CC(C#N)NCC(=O)OCc1ccccc1.ClCl.[HH]. The fourth-order valence-electron chi connectivity index (χ4n) is 1.14. The van der Waals surface area contributed by atoms with Crippen LogP contribution in [0.2, 0.25) is 0 Å². The minimum Gasteiger partial charge on any atom is -0.460 e. The molecule has 0 spiro atoms. The maximum absolute atomic E-state index is 11.2. The second-order valence-electron chi connectivity index (χ2n) is 3.92. The Morgan fingerprint density at radius 2 is 1.83 bits per heavy atom. The normalized spacial score (nSPS) is 8.67.